The Morgan fingerprint density at radius 2 is 2.45 bits per heavy atom. The van der Waals surface area contributed by atoms with Gasteiger partial charge in [-0.05, 0) is 12.1 Å². The molecule has 1 aromatic rings. The predicted molar refractivity (Wildman–Crippen MR) is 38.6 cm³/mol. The first-order valence-corrected chi connectivity index (χ1v) is 3.30. The number of fused-ring (bicyclic) bond motifs is 1. The molecule has 0 saturated heterocycles. The molecule has 0 fully saturated rings. The summed E-state index contributed by atoms with van der Waals surface area (Å²) in [5.41, 5.74) is 6.76. The first-order valence-electron chi connectivity index (χ1n) is 3.30. The second-order valence-electron chi connectivity index (χ2n) is 2.39. The number of hydrogen-bond donors (Lipinski definition) is 2. The molecule has 4 nitrogen and oxygen atoms in total. The monoisotopic (exact) mass is 149 g/mol. The topological polar surface area (TPSA) is 68.0 Å². The van der Waals surface area contributed by atoms with E-state index in [1.165, 1.54) is 0 Å². The number of nitrogens with two attached hydrogens (primary N) is 1. The second-order valence-corrected chi connectivity index (χ2v) is 2.39. The Kier molecular flexibility index (Phi) is 1.16. The molecule has 2 heterocycles. The summed E-state index contributed by atoms with van der Waals surface area (Å²) in [6.45, 7) is 0. The smallest absolute Gasteiger partial charge is 0.254 e. The molecular weight excluding hydrogens is 142 g/mol. The highest BCUT2D eigenvalue weighted by Crippen LogP contribution is 2.17. The molecule has 56 valence electrons. The largest absolute Gasteiger partial charge is 0.331 e. The van der Waals surface area contributed by atoms with Gasteiger partial charge >= 0.3 is 0 Å². The molecular formula is C7H7N3O. The highest BCUT2D eigenvalue weighted by molar-refractivity contribution is 5.98. The van der Waals surface area contributed by atoms with Gasteiger partial charge in [-0.15, -0.1) is 0 Å². The molecule has 0 unspecified atom stereocenters. The fraction of sp³-hybridized carbons (Fsp3) is 0.143. The van der Waals surface area contributed by atoms with E-state index in [1.54, 1.807) is 18.3 Å². The van der Waals surface area contributed by atoms with Crippen molar-refractivity contribution in [1.29, 1.82) is 0 Å². The van der Waals surface area contributed by atoms with E-state index in [0.717, 1.165) is 0 Å². The minimum Gasteiger partial charge on any atom is -0.331 e. The molecule has 3 N–H and O–H groups in total. The number of nitrogens with zero attached hydrogens (tertiary/aromatic N) is 1. The second kappa shape index (κ2) is 2.03. The molecule has 0 radical (unpaired) electrons. The summed E-state index contributed by atoms with van der Waals surface area (Å²) < 4.78 is 0. The summed E-state index contributed by atoms with van der Waals surface area (Å²) >= 11 is 0. The number of nitrogens with one attached hydrogen (secondary N) is 1. The van der Waals surface area contributed by atoms with Crippen molar-refractivity contribution in [2.75, 3.05) is 0 Å². The molecule has 2 rings (SSSR count). The average molecular weight is 149 g/mol. The van der Waals surface area contributed by atoms with Gasteiger partial charge in [-0.1, -0.05) is 0 Å². The number of hydrogen-bond acceptors (Lipinski definition) is 3. The molecule has 0 spiro atoms. The zero-order valence-electron chi connectivity index (χ0n) is 5.74. The maximum Gasteiger partial charge on any atom is 0.254 e. The van der Waals surface area contributed by atoms with Crippen LogP contribution in [0, 0.1) is 0 Å². The zero-order chi connectivity index (χ0) is 7.84. The molecule has 4 heteroatoms. The van der Waals surface area contributed by atoms with Crippen LogP contribution in [-0.2, 0) is 0 Å². The molecule has 0 aliphatic carbocycles. The van der Waals surface area contributed by atoms with E-state index in [-0.39, 0.29) is 5.91 Å². The molecule has 0 bridgehead atoms. The summed E-state index contributed by atoms with van der Waals surface area (Å²) in [7, 11) is 0. The first-order chi connectivity index (χ1) is 5.29. The van der Waals surface area contributed by atoms with Crippen LogP contribution in [0.1, 0.15) is 22.2 Å². The highest BCUT2D eigenvalue weighted by Gasteiger charge is 2.25. The lowest BCUT2D eigenvalue weighted by molar-refractivity contribution is 0.0957. The molecule has 1 aliphatic heterocycles. The standard InChI is InChI=1S/C7H7N3O/c8-6-5-4(7(11)10-6)2-1-3-9-5/h1-3,6H,8H2,(H,10,11)/t6-/m0/s1. The van der Waals surface area contributed by atoms with E-state index >= 15 is 0 Å². The number of carbonyl (C=O) groups excluding carboxylic acids is 1. The lowest BCUT2D eigenvalue weighted by Crippen LogP contribution is -2.25. The van der Waals surface area contributed by atoms with Crippen molar-refractivity contribution in [2.24, 2.45) is 5.73 Å². The number of aromatic nitrogens is 1. The molecule has 1 aromatic heterocycles. The third-order valence-electron chi connectivity index (χ3n) is 1.66. The van der Waals surface area contributed by atoms with Crippen LogP contribution in [0.3, 0.4) is 0 Å². The Labute approximate surface area is 63.4 Å². The van der Waals surface area contributed by atoms with Gasteiger partial charge in [0.25, 0.3) is 5.91 Å². The quantitative estimate of drug-likeness (QED) is 0.536. The first kappa shape index (κ1) is 6.30. The Balaban J connectivity index is 2.60. The van der Waals surface area contributed by atoms with E-state index in [2.05, 4.69) is 10.3 Å². The Morgan fingerprint density at radius 1 is 1.64 bits per heavy atom. The van der Waals surface area contributed by atoms with E-state index in [4.69, 9.17) is 5.73 Å². The van der Waals surface area contributed by atoms with Gasteiger partial charge in [0.05, 0.1) is 11.3 Å². The van der Waals surface area contributed by atoms with Gasteiger partial charge in [0.2, 0.25) is 0 Å². The van der Waals surface area contributed by atoms with E-state index < -0.39 is 6.17 Å². The van der Waals surface area contributed by atoms with Crippen molar-refractivity contribution < 1.29 is 4.79 Å². The number of amides is 1. The summed E-state index contributed by atoms with van der Waals surface area (Å²) in [5, 5.41) is 2.56. The molecule has 0 aromatic carbocycles. The van der Waals surface area contributed by atoms with E-state index in [9.17, 15) is 4.79 Å². The SMILES string of the molecule is N[C@H]1NC(=O)c2cccnc21. The Morgan fingerprint density at radius 3 is 3.18 bits per heavy atom. The van der Waals surface area contributed by atoms with Crippen LogP contribution in [0.15, 0.2) is 18.3 Å². The molecule has 11 heavy (non-hydrogen) atoms. The van der Waals surface area contributed by atoms with Crippen molar-refractivity contribution in [3.05, 3.63) is 29.6 Å². The third kappa shape index (κ3) is 0.798. The van der Waals surface area contributed by atoms with Crippen LogP contribution in [-0.4, -0.2) is 10.9 Å². The van der Waals surface area contributed by atoms with Crippen LogP contribution in [0.4, 0.5) is 0 Å². The van der Waals surface area contributed by atoms with Crippen molar-refractivity contribution in [2.45, 2.75) is 6.17 Å². The number of carbonyl (C=O) groups is 1. The minimum atomic E-state index is -0.432. The van der Waals surface area contributed by atoms with Crippen LogP contribution in [0.5, 0.6) is 0 Å². The maximum absolute atomic E-state index is 11.0. The fourth-order valence-electron chi connectivity index (χ4n) is 1.14. The lowest BCUT2D eigenvalue weighted by Gasteiger charge is -2.00. The van der Waals surface area contributed by atoms with E-state index in [1.807, 2.05) is 0 Å². The maximum atomic E-state index is 11.0. The summed E-state index contributed by atoms with van der Waals surface area (Å²) in [4.78, 5) is 15.0. The number of rotatable bonds is 0. The number of pyridine rings is 1. The fourth-order valence-corrected chi connectivity index (χ4v) is 1.14. The highest BCUT2D eigenvalue weighted by atomic mass is 16.2. The summed E-state index contributed by atoms with van der Waals surface area (Å²) in [6, 6.07) is 3.43. The van der Waals surface area contributed by atoms with Crippen molar-refractivity contribution in [3.8, 4) is 0 Å². The molecule has 0 saturated carbocycles. The van der Waals surface area contributed by atoms with Gasteiger partial charge in [-0.2, -0.15) is 0 Å². The van der Waals surface area contributed by atoms with Crippen LogP contribution in [0.2, 0.25) is 0 Å². The normalized spacial score (nSPS) is 21.2. The van der Waals surface area contributed by atoms with E-state index in [0.29, 0.717) is 11.3 Å². The average Bonchev–Trinajstić information content (AvgIpc) is 2.30. The third-order valence-corrected chi connectivity index (χ3v) is 1.66. The molecule has 1 aliphatic rings. The van der Waals surface area contributed by atoms with Gasteiger partial charge in [-0.25, -0.2) is 0 Å². The van der Waals surface area contributed by atoms with Crippen LogP contribution in [0.25, 0.3) is 0 Å². The van der Waals surface area contributed by atoms with Crippen molar-refractivity contribution in [1.82, 2.24) is 10.3 Å². The minimum absolute atomic E-state index is 0.138. The van der Waals surface area contributed by atoms with Crippen molar-refractivity contribution >= 4 is 5.91 Å². The predicted octanol–water partition coefficient (Wildman–Crippen LogP) is -0.218. The van der Waals surface area contributed by atoms with Crippen LogP contribution >= 0.6 is 0 Å². The van der Waals surface area contributed by atoms with Gasteiger partial charge < -0.3 is 11.1 Å². The molecule has 1 atom stereocenters. The van der Waals surface area contributed by atoms with Gasteiger partial charge in [0.15, 0.2) is 0 Å². The molecule has 1 amide bonds. The Bertz CT molecular complexity index is 310. The Hall–Kier alpha value is -1.42. The van der Waals surface area contributed by atoms with Gasteiger partial charge in [0.1, 0.15) is 6.17 Å². The summed E-state index contributed by atoms with van der Waals surface area (Å²) in [6.07, 6.45) is 1.19. The van der Waals surface area contributed by atoms with Gasteiger partial charge in [-0.3, -0.25) is 9.78 Å². The summed E-state index contributed by atoms with van der Waals surface area (Å²) in [5.74, 6) is -0.138. The lowest BCUT2D eigenvalue weighted by atomic mass is 10.2. The van der Waals surface area contributed by atoms with Crippen molar-refractivity contribution in [3.63, 3.8) is 0 Å². The van der Waals surface area contributed by atoms with Crippen LogP contribution < -0.4 is 11.1 Å². The van der Waals surface area contributed by atoms with Gasteiger partial charge in [0, 0.05) is 6.20 Å². The zero-order valence-corrected chi connectivity index (χ0v) is 5.74.